The molecule has 1 amide bonds. The van der Waals surface area contributed by atoms with Crippen LogP contribution in [0.3, 0.4) is 0 Å². The number of rotatable bonds is 9. The van der Waals surface area contributed by atoms with Crippen LogP contribution in [0.25, 0.3) is 0 Å². The second-order valence-corrected chi connectivity index (χ2v) is 7.52. The molecule has 1 N–H and O–H groups in total. The van der Waals surface area contributed by atoms with Crippen LogP contribution in [0, 0.1) is 0 Å². The third kappa shape index (κ3) is 6.51. The van der Waals surface area contributed by atoms with Gasteiger partial charge in [-0.1, -0.05) is 67.1 Å². The summed E-state index contributed by atoms with van der Waals surface area (Å²) in [7, 11) is 0. The minimum absolute atomic E-state index is 0.172. The Labute approximate surface area is 163 Å². The maximum absolute atomic E-state index is 12.3. The van der Waals surface area contributed by atoms with Gasteiger partial charge in [0, 0.05) is 18.9 Å². The highest BCUT2D eigenvalue weighted by atomic mass is 16.1. The minimum atomic E-state index is 0.172. The zero-order valence-corrected chi connectivity index (χ0v) is 16.3. The number of piperidine rings is 1. The summed E-state index contributed by atoms with van der Waals surface area (Å²) in [5.74, 6) is 0.442. The van der Waals surface area contributed by atoms with Crippen molar-refractivity contribution < 1.29 is 4.79 Å². The number of carbonyl (C=O) groups is 1. The number of nitrogens with zero attached hydrogens (tertiary/aromatic N) is 1. The van der Waals surface area contributed by atoms with Crippen LogP contribution in [0.5, 0.6) is 0 Å². The average molecular weight is 365 g/mol. The fourth-order valence-electron chi connectivity index (χ4n) is 3.97. The number of nitrogens with one attached hydrogen (secondary N) is 1. The van der Waals surface area contributed by atoms with Crippen LogP contribution in [0.15, 0.2) is 60.7 Å². The molecule has 144 valence electrons. The van der Waals surface area contributed by atoms with Gasteiger partial charge in [-0.3, -0.25) is 4.79 Å². The molecule has 1 aliphatic heterocycles. The van der Waals surface area contributed by atoms with Crippen LogP contribution >= 0.6 is 0 Å². The van der Waals surface area contributed by atoms with E-state index in [4.69, 9.17) is 0 Å². The molecule has 0 bridgehead atoms. The largest absolute Gasteiger partial charge is 0.356 e. The monoisotopic (exact) mass is 364 g/mol. The lowest BCUT2D eigenvalue weighted by molar-refractivity contribution is -0.121. The normalized spacial score (nSPS) is 15.0. The molecule has 2 aromatic rings. The summed E-state index contributed by atoms with van der Waals surface area (Å²) in [5, 5.41) is 3.11. The second kappa shape index (κ2) is 10.9. The first-order chi connectivity index (χ1) is 13.3. The number of hydrogen-bond acceptors (Lipinski definition) is 2. The Balaban J connectivity index is 1.45. The van der Waals surface area contributed by atoms with E-state index in [1.807, 2.05) is 12.1 Å². The van der Waals surface area contributed by atoms with Gasteiger partial charge in [-0.2, -0.15) is 0 Å². The summed E-state index contributed by atoms with van der Waals surface area (Å²) in [5.41, 5.74) is 2.56. The Morgan fingerprint density at radius 1 is 0.889 bits per heavy atom. The molecular formula is C24H32N2O. The van der Waals surface area contributed by atoms with Crippen molar-refractivity contribution in [2.45, 2.75) is 44.4 Å². The molecule has 0 radical (unpaired) electrons. The maximum Gasteiger partial charge on any atom is 0.220 e. The Hall–Kier alpha value is -2.13. The van der Waals surface area contributed by atoms with Crippen LogP contribution in [-0.4, -0.2) is 37.0 Å². The van der Waals surface area contributed by atoms with Crippen LogP contribution in [0.1, 0.15) is 55.6 Å². The Morgan fingerprint density at radius 3 is 2.07 bits per heavy atom. The quantitative estimate of drug-likeness (QED) is 0.660. The van der Waals surface area contributed by atoms with Gasteiger partial charge in [0.2, 0.25) is 5.91 Å². The van der Waals surface area contributed by atoms with Gasteiger partial charge < -0.3 is 10.2 Å². The second-order valence-electron chi connectivity index (χ2n) is 7.52. The summed E-state index contributed by atoms with van der Waals surface area (Å²) in [6.07, 6.45) is 6.48. The van der Waals surface area contributed by atoms with E-state index < -0.39 is 0 Å². The van der Waals surface area contributed by atoms with Gasteiger partial charge in [-0.25, -0.2) is 0 Å². The van der Waals surface area contributed by atoms with Crippen LogP contribution in [-0.2, 0) is 4.79 Å². The van der Waals surface area contributed by atoms with Crippen LogP contribution in [0.4, 0.5) is 0 Å². The van der Waals surface area contributed by atoms with E-state index in [1.165, 1.54) is 43.5 Å². The summed E-state index contributed by atoms with van der Waals surface area (Å²) < 4.78 is 0. The van der Waals surface area contributed by atoms with Gasteiger partial charge in [-0.05, 0) is 56.4 Å². The topological polar surface area (TPSA) is 32.3 Å². The van der Waals surface area contributed by atoms with Crippen molar-refractivity contribution in [2.24, 2.45) is 0 Å². The summed E-state index contributed by atoms with van der Waals surface area (Å²) in [4.78, 5) is 14.9. The summed E-state index contributed by atoms with van der Waals surface area (Å²) in [6, 6.07) is 21.0. The average Bonchev–Trinajstić information content (AvgIpc) is 2.74. The van der Waals surface area contributed by atoms with E-state index in [0.717, 1.165) is 25.9 Å². The maximum atomic E-state index is 12.3. The Kier molecular flexibility index (Phi) is 7.91. The highest BCUT2D eigenvalue weighted by molar-refractivity contribution is 5.76. The van der Waals surface area contributed by atoms with Crippen molar-refractivity contribution in [1.29, 1.82) is 0 Å². The molecule has 3 nitrogen and oxygen atoms in total. The molecular weight excluding hydrogens is 332 g/mol. The fourth-order valence-corrected chi connectivity index (χ4v) is 3.97. The lowest BCUT2D eigenvalue weighted by atomic mass is 9.87. The van der Waals surface area contributed by atoms with E-state index >= 15 is 0 Å². The number of hydrogen-bond donors (Lipinski definition) is 1. The molecule has 2 aromatic carbocycles. The van der Waals surface area contributed by atoms with Crippen LogP contribution in [0.2, 0.25) is 0 Å². The highest BCUT2D eigenvalue weighted by Crippen LogP contribution is 2.28. The molecule has 3 rings (SSSR count). The van der Waals surface area contributed by atoms with Crippen LogP contribution < -0.4 is 5.32 Å². The number of likely N-dealkylation sites (tertiary alicyclic amines) is 1. The first kappa shape index (κ1) is 19.6. The van der Waals surface area contributed by atoms with Gasteiger partial charge in [0.15, 0.2) is 0 Å². The molecule has 1 fully saturated rings. The Morgan fingerprint density at radius 2 is 1.48 bits per heavy atom. The van der Waals surface area contributed by atoms with Crippen molar-refractivity contribution in [3.63, 3.8) is 0 Å². The molecule has 0 atom stereocenters. The molecule has 1 heterocycles. The predicted octanol–water partition coefficient (Wildman–Crippen LogP) is 4.59. The molecule has 0 unspecified atom stereocenters. The molecule has 0 aliphatic carbocycles. The minimum Gasteiger partial charge on any atom is -0.356 e. The van der Waals surface area contributed by atoms with Crippen molar-refractivity contribution in [2.75, 3.05) is 26.2 Å². The standard InChI is InChI=1S/C24H32N2O/c27-24(25-17-10-20-26-18-8-3-9-19-26)16-15-23(21-11-4-1-5-12-21)22-13-6-2-7-14-22/h1-2,4-7,11-14,23H,3,8-10,15-20H2,(H,25,27). The molecule has 1 aliphatic rings. The van der Waals surface area contributed by atoms with Crippen molar-refractivity contribution in [3.8, 4) is 0 Å². The third-order valence-electron chi connectivity index (χ3n) is 5.49. The summed E-state index contributed by atoms with van der Waals surface area (Å²) in [6.45, 7) is 4.35. The molecule has 0 spiro atoms. The number of benzene rings is 2. The van der Waals surface area contributed by atoms with Gasteiger partial charge in [0.1, 0.15) is 0 Å². The zero-order chi connectivity index (χ0) is 18.7. The first-order valence-corrected chi connectivity index (χ1v) is 10.4. The van der Waals surface area contributed by atoms with E-state index in [-0.39, 0.29) is 11.8 Å². The van der Waals surface area contributed by atoms with E-state index in [1.54, 1.807) is 0 Å². The van der Waals surface area contributed by atoms with Gasteiger partial charge in [0.05, 0.1) is 0 Å². The van der Waals surface area contributed by atoms with Gasteiger partial charge in [-0.15, -0.1) is 0 Å². The zero-order valence-electron chi connectivity index (χ0n) is 16.3. The van der Waals surface area contributed by atoms with E-state index in [2.05, 4.69) is 58.7 Å². The van der Waals surface area contributed by atoms with E-state index in [0.29, 0.717) is 6.42 Å². The van der Waals surface area contributed by atoms with Crippen molar-refractivity contribution in [3.05, 3.63) is 71.8 Å². The fraction of sp³-hybridized carbons (Fsp3) is 0.458. The SMILES string of the molecule is O=C(CCC(c1ccccc1)c1ccccc1)NCCCN1CCCCC1. The molecule has 0 saturated carbocycles. The van der Waals surface area contributed by atoms with Crippen molar-refractivity contribution >= 4 is 5.91 Å². The number of amides is 1. The molecule has 0 aromatic heterocycles. The lowest BCUT2D eigenvalue weighted by Crippen LogP contribution is -2.33. The van der Waals surface area contributed by atoms with E-state index in [9.17, 15) is 4.79 Å². The number of carbonyl (C=O) groups excluding carboxylic acids is 1. The smallest absolute Gasteiger partial charge is 0.220 e. The molecule has 27 heavy (non-hydrogen) atoms. The molecule has 1 saturated heterocycles. The first-order valence-electron chi connectivity index (χ1n) is 10.4. The van der Waals surface area contributed by atoms with Gasteiger partial charge in [0.25, 0.3) is 0 Å². The highest BCUT2D eigenvalue weighted by Gasteiger charge is 2.15. The van der Waals surface area contributed by atoms with Gasteiger partial charge >= 0.3 is 0 Å². The Bertz CT molecular complexity index is 626. The molecule has 3 heteroatoms. The lowest BCUT2D eigenvalue weighted by Gasteiger charge is -2.26. The predicted molar refractivity (Wildman–Crippen MR) is 112 cm³/mol. The summed E-state index contributed by atoms with van der Waals surface area (Å²) >= 11 is 0. The van der Waals surface area contributed by atoms with Crippen molar-refractivity contribution in [1.82, 2.24) is 10.2 Å². The third-order valence-corrected chi connectivity index (χ3v) is 5.49.